The van der Waals surface area contributed by atoms with Gasteiger partial charge in [0.15, 0.2) is 12.0 Å². The van der Waals surface area contributed by atoms with E-state index < -0.39 is 27.7 Å². The van der Waals surface area contributed by atoms with Crippen molar-refractivity contribution in [2.24, 2.45) is 0 Å². The second-order valence-electron chi connectivity index (χ2n) is 3.39. The van der Waals surface area contributed by atoms with Gasteiger partial charge in [0, 0.05) is 13.0 Å². The highest BCUT2D eigenvalue weighted by molar-refractivity contribution is 7.89. The molecule has 1 heterocycles. The van der Waals surface area contributed by atoms with Crippen LogP contribution in [0.5, 0.6) is 0 Å². The Morgan fingerprint density at radius 1 is 1.33 bits per heavy atom. The zero-order valence-electron chi connectivity index (χ0n) is 9.03. The fraction of sp³-hybridized carbons (Fsp3) is 0.444. The highest BCUT2D eigenvalue weighted by atomic mass is 32.2. The van der Waals surface area contributed by atoms with Crippen molar-refractivity contribution in [1.29, 1.82) is 0 Å². The van der Waals surface area contributed by atoms with Crippen LogP contribution in [-0.4, -0.2) is 27.4 Å². The minimum absolute atomic E-state index is 0.175. The molecule has 0 aromatic carbocycles. The summed E-state index contributed by atoms with van der Waals surface area (Å²) in [5.74, 6) is -0.175. The van der Waals surface area contributed by atoms with Gasteiger partial charge in [0.25, 0.3) is 10.0 Å². The molecule has 0 radical (unpaired) electrons. The van der Waals surface area contributed by atoms with E-state index in [4.69, 9.17) is 0 Å². The normalized spacial score (nSPS) is 12.6. The van der Waals surface area contributed by atoms with Gasteiger partial charge in [-0.3, -0.25) is 4.79 Å². The maximum Gasteiger partial charge on any atom is 0.389 e. The minimum Gasteiger partial charge on any atom is -0.440 e. The van der Waals surface area contributed by atoms with Gasteiger partial charge in [0.05, 0.1) is 0 Å². The van der Waals surface area contributed by atoms with Crippen molar-refractivity contribution in [1.82, 2.24) is 4.72 Å². The second kappa shape index (κ2) is 5.53. The number of rotatable bonds is 6. The second-order valence-corrected chi connectivity index (χ2v) is 5.09. The summed E-state index contributed by atoms with van der Waals surface area (Å²) in [6.45, 7) is -0.362. The van der Waals surface area contributed by atoms with Crippen molar-refractivity contribution in [3.05, 3.63) is 17.9 Å². The molecule has 0 amide bonds. The molecule has 0 aliphatic rings. The highest BCUT2D eigenvalue weighted by Crippen LogP contribution is 2.21. The number of aldehydes is 1. The number of nitrogens with one attached hydrogen (secondary N) is 1. The van der Waals surface area contributed by atoms with E-state index in [2.05, 4.69) is 4.42 Å². The Bertz CT molecular complexity index is 506. The van der Waals surface area contributed by atoms with Crippen molar-refractivity contribution in [3.63, 3.8) is 0 Å². The lowest BCUT2D eigenvalue weighted by Gasteiger charge is -2.06. The predicted molar refractivity (Wildman–Crippen MR) is 54.6 cm³/mol. The van der Waals surface area contributed by atoms with Crippen LogP contribution < -0.4 is 4.72 Å². The van der Waals surface area contributed by atoms with Gasteiger partial charge in [-0.1, -0.05) is 0 Å². The Morgan fingerprint density at radius 2 is 2.00 bits per heavy atom. The SMILES string of the molecule is O=Cc1ccc(S(=O)(=O)NCCCC(F)(F)F)o1. The average Bonchev–Trinajstić information content (AvgIpc) is 2.72. The summed E-state index contributed by atoms with van der Waals surface area (Å²) in [7, 11) is -4.01. The van der Waals surface area contributed by atoms with Crippen molar-refractivity contribution in [2.45, 2.75) is 24.1 Å². The predicted octanol–water partition coefficient (Wildman–Crippen LogP) is 1.71. The zero-order chi connectivity index (χ0) is 13.8. The third-order valence-corrected chi connectivity index (χ3v) is 3.25. The van der Waals surface area contributed by atoms with E-state index in [0.717, 1.165) is 12.1 Å². The Kier molecular flexibility index (Phi) is 4.52. The zero-order valence-corrected chi connectivity index (χ0v) is 9.85. The molecule has 1 aromatic heterocycles. The van der Waals surface area contributed by atoms with Crippen molar-refractivity contribution in [2.75, 3.05) is 6.54 Å². The summed E-state index contributed by atoms with van der Waals surface area (Å²) < 4.78 is 65.0. The monoisotopic (exact) mass is 285 g/mol. The van der Waals surface area contributed by atoms with Gasteiger partial charge in [-0.15, -0.1) is 0 Å². The van der Waals surface area contributed by atoms with E-state index in [-0.39, 0.29) is 18.7 Å². The molecule has 0 saturated carbocycles. The third kappa shape index (κ3) is 4.49. The lowest BCUT2D eigenvalue weighted by atomic mass is 10.3. The van der Waals surface area contributed by atoms with E-state index in [1.54, 1.807) is 0 Å². The number of carbonyl (C=O) groups is 1. The van der Waals surface area contributed by atoms with E-state index in [1.165, 1.54) is 0 Å². The Hall–Kier alpha value is -1.35. The molecule has 0 atom stereocenters. The van der Waals surface area contributed by atoms with Gasteiger partial charge in [0.2, 0.25) is 5.09 Å². The maximum atomic E-state index is 11.8. The first kappa shape index (κ1) is 14.7. The Labute approximate surface area is 101 Å². The summed E-state index contributed by atoms with van der Waals surface area (Å²) in [6.07, 6.45) is -5.44. The van der Waals surface area contributed by atoms with Crippen LogP contribution in [0.3, 0.4) is 0 Å². The van der Waals surface area contributed by atoms with Gasteiger partial charge in [0.1, 0.15) is 0 Å². The molecule has 18 heavy (non-hydrogen) atoms. The lowest BCUT2D eigenvalue weighted by Crippen LogP contribution is -2.25. The van der Waals surface area contributed by atoms with Gasteiger partial charge in [-0.05, 0) is 18.6 Å². The van der Waals surface area contributed by atoms with E-state index in [1.807, 2.05) is 4.72 Å². The topological polar surface area (TPSA) is 76.4 Å². The number of sulfonamides is 1. The van der Waals surface area contributed by atoms with Crippen LogP contribution in [0.25, 0.3) is 0 Å². The first-order chi connectivity index (χ1) is 8.24. The molecule has 1 rings (SSSR count). The number of hydrogen-bond donors (Lipinski definition) is 1. The van der Waals surface area contributed by atoms with Gasteiger partial charge < -0.3 is 4.42 Å². The molecular weight excluding hydrogens is 275 g/mol. The summed E-state index contributed by atoms with van der Waals surface area (Å²) in [6, 6.07) is 2.20. The van der Waals surface area contributed by atoms with Gasteiger partial charge in [-0.2, -0.15) is 13.2 Å². The molecule has 1 aromatic rings. The van der Waals surface area contributed by atoms with E-state index >= 15 is 0 Å². The molecule has 5 nitrogen and oxygen atoms in total. The van der Waals surface area contributed by atoms with Gasteiger partial charge in [-0.25, -0.2) is 13.1 Å². The quantitative estimate of drug-likeness (QED) is 0.637. The molecule has 0 aliphatic heterocycles. The van der Waals surface area contributed by atoms with Crippen molar-refractivity contribution >= 4 is 16.3 Å². The van der Waals surface area contributed by atoms with E-state index in [0.29, 0.717) is 6.29 Å². The number of halogens is 3. The van der Waals surface area contributed by atoms with Gasteiger partial charge >= 0.3 is 6.18 Å². The standard InChI is InChI=1S/C9H10F3NO4S/c10-9(11,12)4-1-5-13-18(15,16)8-3-2-7(6-14)17-8/h2-3,6,13H,1,4-5H2. The number of furan rings is 1. The lowest BCUT2D eigenvalue weighted by molar-refractivity contribution is -0.135. The maximum absolute atomic E-state index is 11.8. The fourth-order valence-electron chi connectivity index (χ4n) is 1.11. The molecule has 0 saturated heterocycles. The molecule has 0 spiro atoms. The molecule has 1 N–H and O–H groups in total. The van der Waals surface area contributed by atoms with E-state index in [9.17, 15) is 26.4 Å². The average molecular weight is 285 g/mol. The van der Waals surface area contributed by atoms with Crippen molar-refractivity contribution in [3.8, 4) is 0 Å². The molecule has 0 fully saturated rings. The third-order valence-electron chi connectivity index (χ3n) is 1.91. The Morgan fingerprint density at radius 3 is 2.50 bits per heavy atom. The summed E-state index contributed by atoms with van der Waals surface area (Å²) >= 11 is 0. The summed E-state index contributed by atoms with van der Waals surface area (Å²) in [5.41, 5.74) is 0. The van der Waals surface area contributed by atoms with Crippen LogP contribution in [0.2, 0.25) is 0 Å². The van der Waals surface area contributed by atoms with Crippen LogP contribution in [0, 0.1) is 0 Å². The van der Waals surface area contributed by atoms with Crippen LogP contribution in [-0.2, 0) is 10.0 Å². The number of hydrogen-bond acceptors (Lipinski definition) is 4. The molecule has 9 heteroatoms. The number of carbonyl (C=O) groups excluding carboxylic acids is 1. The summed E-state index contributed by atoms with van der Waals surface area (Å²) in [5, 5.41) is -0.503. The smallest absolute Gasteiger partial charge is 0.389 e. The Balaban J connectivity index is 2.53. The van der Waals surface area contributed by atoms with Crippen LogP contribution in [0.15, 0.2) is 21.6 Å². The first-order valence-corrected chi connectivity index (χ1v) is 6.34. The van der Waals surface area contributed by atoms with Crippen LogP contribution in [0.1, 0.15) is 23.4 Å². The highest BCUT2D eigenvalue weighted by Gasteiger charge is 2.26. The molecule has 102 valence electrons. The molecular formula is C9H10F3NO4S. The largest absolute Gasteiger partial charge is 0.440 e. The van der Waals surface area contributed by atoms with Crippen LogP contribution in [0.4, 0.5) is 13.2 Å². The molecule has 0 unspecified atom stereocenters. The molecule has 0 bridgehead atoms. The van der Waals surface area contributed by atoms with Crippen molar-refractivity contribution < 1.29 is 30.8 Å². The first-order valence-electron chi connectivity index (χ1n) is 4.86. The van der Waals surface area contributed by atoms with Crippen LogP contribution >= 0.6 is 0 Å². The minimum atomic E-state index is -4.32. The molecule has 0 aliphatic carbocycles. The summed E-state index contributed by atoms with van der Waals surface area (Å²) in [4.78, 5) is 10.3. The number of alkyl halides is 3. The fourth-order valence-corrected chi connectivity index (χ4v) is 2.12.